The molecule has 1 unspecified atom stereocenters. The number of Topliss-reactive ketones (excluding diaryl/α,β-unsaturated/α-hetero) is 1. The first-order valence-corrected chi connectivity index (χ1v) is 2.33. The van der Waals surface area contributed by atoms with Crippen molar-refractivity contribution in [3.63, 3.8) is 0 Å². The summed E-state index contributed by atoms with van der Waals surface area (Å²) in [6.07, 6.45) is 0. The van der Waals surface area contributed by atoms with Crippen LogP contribution in [0.2, 0.25) is 0 Å². The summed E-state index contributed by atoms with van der Waals surface area (Å²) >= 11 is 0. The summed E-state index contributed by atoms with van der Waals surface area (Å²) in [5, 5.41) is 17.8. The summed E-state index contributed by atoms with van der Waals surface area (Å²) in [6, 6.07) is -2.11. The molecule has 0 saturated carbocycles. The molecule has 0 bridgehead atoms. The maximum atomic E-state index is 10.2. The predicted molar refractivity (Wildman–Crippen MR) is 29.1 cm³/mol. The largest absolute Gasteiger partial charge is 0.476 e. The Hall–Kier alpha value is -1.46. The molecule has 0 saturated heterocycles. The maximum absolute atomic E-state index is 10.2. The molecule has 0 radical (unpaired) electrons. The number of rotatable bonds is 3. The molecular weight excluding hydrogens is 142 g/mol. The fourth-order valence-electron chi connectivity index (χ4n) is 0.412. The zero-order valence-corrected chi connectivity index (χ0v) is 5.10. The maximum Gasteiger partial charge on any atom is 0.387 e. The van der Waals surface area contributed by atoms with Gasteiger partial charge in [0.05, 0.1) is 0 Å². The number of hydrogen-bond donors (Lipinski definition) is 1. The van der Waals surface area contributed by atoms with Crippen molar-refractivity contribution in [1.82, 2.24) is 0 Å². The lowest BCUT2D eigenvalue weighted by Gasteiger charge is -1.97. The minimum atomic E-state index is -2.11. The summed E-state index contributed by atoms with van der Waals surface area (Å²) < 4.78 is 0. The topological polar surface area (TPSA) is 97.5 Å². The van der Waals surface area contributed by atoms with E-state index in [0.717, 1.165) is 6.92 Å². The van der Waals surface area contributed by atoms with Crippen LogP contribution >= 0.6 is 0 Å². The van der Waals surface area contributed by atoms with Crippen molar-refractivity contribution in [3.05, 3.63) is 10.1 Å². The highest BCUT2D eigenvalue weighted by atomic mass is 16.6. The van der Waals surface area contributed by atoms with Crippen LogP contribution in [0.1, 0.15) is 6.92 Å². The first kappa shape index (κ1) is 8.54. The molecule has 0 spiro atoms. The van der Waals surface area contributed by atoms with Gasteiger partial charge in [-0.1, -0.05) is 0 Å². The van der Waals surface area contributed by atoms with E-state index in [9.17, 15) is 19.7 Å². The van der Waals surface area contributed by atoms with Gasteiger partial charge in [-0.25, -0.2) is 4.79 Å². The third kappa shape index (κ3) is 1.81. The number of nitrogens with zero attached hydrogens (tertiary/aromatic N) is 1. The average molecular weight is 147 g/mol. The van der Waals surface area contributed by atoms with Crippen LogP contribution in [0.3, 0.4) is 0 Å². The van der Waals surface area contributed by atoms with Gasteiger partial charge in [-0.15, -0.1) is 0 Å². The van der Waals surface area contributed by atoms with Crippen LogP contribution in [0, 0.1) is 10.1 Å². The van der Waals surface area contributed by atoms with Gasteiger partial charge in [0.2, 0.25) is 5.78 Å². The van der Waals surface area contributed by atoms with Crippen molar-refractivity contribution < 1.29 is 19.6 Å². The minimum Gasteiger partial charge on any atom is -0.476 e. The Morgan fingerprint density at radius 1 is 1.60 bits per heavy atom. The smallest absolute Gasteiger partial charge is 0.387 e. The zero-order chi connectivity index (χ0) is 8.31. The Labute approximate surface area is 55.6 Å². The van der Waals surface area contributed by atoms with Crippen molar-refractivity contribution in [2.24, 2.45) is 0 Å². The van der Waals surface area contributed by atoms with Gasteiger partial charge in [0.1, 0.15) is 0 Å². The minimum absolute atomic E-state index is 0.863. The second-order valence-electron chi connectivity index (χ2n) is 1.64. The molecule has 6 nitrogen and oxygen atoms in total. The number of nitro groups is 1. The van der Waals surface area contributed by atoms with Crippen molar-refractivity contribution in [3.8, 4) is 0 Å². The van der Waals surface area contributed by atoms with Gasteiger partial charge in [-0.2, -0.15) is 0 Å². The Balaban J connectivity index is 4.43. The van der Waals surface area contributed by atoms with Crippen LogP contribution < -0.4 is 0 Å². The zero-order valence-electron chi connectivity index (χ0n) is 5.10. The van der Waals surface area contributed by atoms with Crippen LogP contribution in [0.25, 0.3) is 0 Å². The molecule has 10 heavy (non-hydrogen) atoms. The lowest BCUT2D eigenvalue weighted by atomic mass is 10.2. The molecule has 0 rings (SSSR count). The molecule has 0 aromatic heterocycles. The SMILES string of the molecule is CC(=O)C(C(=O)O)[N+](=O)[O-]. The molecular formula is C4H5NO5. The number of carbonyl (C=O) groups excluding carboxylic acids is 1. The number of carboxylic acid groups (broad SMARTS) is 1. The summed E-state index contributed by atoms with van der Waals surface area (Å²) in [7, 11) is 0. The molecule has 0 amide bonds. The predicted octanol–water partition coefficient (Wildman–Crippen LogP) is -0.695. The van der Waals surface area contributed by atoms with Crippen LogP contribution in [-0.4, -0.2) is 27.8 Å². The quantitative estimate of drug-likeness (QED) is 0.323. The van der Waals surface area contributed by atoms with Gasteiger partial charge < -0.3 is 5.11 Å². The lowest BCUT2D eigenvalue weighted by Crippen LogP contribution is -2.35. The number of aliphatic carboxylic acids is 1. The first-order chi connectivity index (χ1) is 4.46. The molecule has 0 aromatic carbocycles. The van der Waals surface area contributed by atoms with E-state index in [1.165, 1.54) is 0 Å². The number of hydrogen-bond acceptors (Lipinski definition) is 4. The van der Waals surface area contributed by atoms with E-state index in [1.807, 2.05) is 0 Å². The Morgan fingerprint density at radius 3 is 2.00 bits per heavy atom. The average Bonchev–Trinajstić information content (AvgIpc) is 1.59. The monoisotopic (exact) mass is 147 g/mol. The standard InChI is InChI=1S/C4H5NO5/c1-2(6)3(4(7)8)5(9)10/h3H,1H3,(H,7,8). The summed E-state index contributed by atoms with van der Waals surface area (Å²) in [5.41, 5.74) is 0. The van der Waals surface area contributed by atoms with Gasteiger partial charge in [0.15, 0.2) is 0 Å². The van der Waals surface area contributed by atoms with Gasteiger partial charge in [0.25, 0.3) is 0 Å². The fraction of sp³-hybridized carbons (Fsp3) is 0.500. The Kier molecular flexibility index (Phi) is 2.48. The summed E-state index contributed by atoms with van der Waals surface area (Å²) in [6.45, 7) is 0.863. The Morgan fingerprint density at radius 2 is 2.00 bits per heavy atom. The van der Waals surface area contributed by atoms with Crippen molar-refractivity contribution in [2.75, 3.05) is 0 Å². The van der Waals surface area contributed by atoms with Crippen LogP contribution in [0.4, 0.5) is 0 Å². The highest BCUT2D eigenvalue weighted by Crippen LogP contribution is 1.90. The lowest BCUT2D eigenvalue weighted by molar-refractivity contribution is -0.495. The number of carbonyl (C=O) groups is 2. The van der Waals surface area contributed by atoms with E-state index < -0.39 is 22.7 Å². The van der Waals surface area contributed by atoms with Crippen molar-refractivity contribution >= 4 is 11.8 Å². The molecule has 0 fully saturated rings. The molecule has 1 atom stereocenters. The third-order valence-corrected chi connectivity index (χ3v) is 0.830. The number of carboxylic acids is 1. The molecule has 6 heteroatoms. The third-order valence-electron chi connectivity index (χ3n) is 0.830. The molecule has 0 heterocycles. The van der Waals surface area contributed by atoms with Crippen molar-refractivity contribution in [2.45, 2.75) is 13.0 Å². The van der Waals surface area contributed by atoms with Gasteiger partial charge in [0, 0.05) is 11.8 Å². The molecule has 1 N–H and O–H groups in total. The van der Waals surface area contributed by atoms with Crippen LogP contribution in [0.15, 0.2) is 0 Å². The van der Waals surface area contributed by atoms with E-state index >= 15 is 0 Å². The molecule has 0 aromatic rings. The van der Waals surface area contributed by atoms with E-state index in [4.69, 9.17) is 5.11 Å². The van der Waals surface area contributed by atoms with E-state index in [0.29, 0.717) is 0 Å². The highest BCUT2D eigenvalue weighted by Gasteiger charge is 2.34. The van der Waals surface area contributed by atoms with Crippen molar-refractivity contribution in [1.29, 1.82) is 0 Å². The molecule has 56 valence electrons. The normalized spacial score (nSPS) is 12.1. The number of ketones is 1. The van der Waals surface area contributed by atoms with Gasteiger partial charge in [-0.05, 0) is 0 Å². The molecule has 0 aliphatic carbocycles. The fourth-order valence-corrected chi connectivity index (χ4v) is 0.412. The summed E-state index contributed by atoms with van der Waals surface area (Å²) in [4.78, 5) is 28.8. The van der Waals surface area contributed by atoms with Crippen LogP contribution in [-0.2, 0) is 9.59 Å². The molecule has 0 aliphatic rings. The first-order valence-electron chi connectivity index (χ1n) is 2.33. The van der Waals surface area contributed by atoms with E-state index in [-0.39, 0.29) is 0 Å². The second kappa shape index (κ2) is 2.90. The second-order valence-corrected chi connectivity index (χ2v) is 1.64. The van der Waals surface area contributed by atoms with E-state index in [2.05, 4.69) is 0 Å². The summed E-state index contributed by atoms with van der Waals surface area (Å²) in [5.74, 6) is -2.70. The Bertz CT molecular complexity index is 153. The molecule has 0 aliphatic heterocycles. The van der Waals surface area contributed by atoms with E-state index in [1.54, 1.807) is 0 Å². The van der Waals surface area contributed by atoms with Gasteiger partial charge in [-0.3, -0.25) is 14.9 Å². The van der Waals surface area contributed by atoms with Gasteiger partial charge >= 0.3 is 12.0 Å². The van der Waals surface area contributed by atoms with Crippen LogP contribution in [0.5, 0.6) is 0 Å². The highest BCUT2D eigenvalue weighted by molar-refractivity contribution is 5.99.